The summed E-state index contributed by atoms with van der Waals surface area (Å²) < 4.78 is 5.37. The summed E-state index contributed by atoms with van der Waals surface area (Å²) in [5.74, 6) is 0.283. The van der Waals surface area contributed by atoms with Crippen LogP contribution in [0.1, 0.15) is 33.1 Å². The Morgan fingerprint density at radius 1 is 1.56 bits per heavy atom. The number of likely N-dealkylation sites (tertiary alicyclic amines) is 1. The van der Waals surface area contributed by atoms with Gasteiger partial charge in [-0.05, 0) is 18.3 Å². The highest BCUT2D eigenvalue weighted by atomic mass is 35.5. The minimum atomic E-state index is 0. The number of hydrogen-bond acceptors (Lipinski definition) is 3. The zero-order valence-corrected chi connectivity index (χ0v) is 12.2. The van der Waals surface area contributed by atoms with Gasteiger partial charge in [-0.2, -0.15) is 0 Å². The zero-order valence-electron chi connectivity index (χ0n) is 11.4. The van der Waals surface area contributed by atoms with Crippen molar-refractivity contribution >= 4 is 18.3 Å². The van der Waals surface area contributed by atoms with Gasteiger partial charge in [-0.15, -0.1) is 12.4 Å². The maximum Gasteiger partial charge on any atom is 0.224 e. The molecule has 2 aliphatic rings. The average molecular weight is 277 g/mol. The van der Waals surface area contributed by atoms with Crippen molar-refractivity contribution in [3.8, 4) is 0 Å². The minimum absolute atomic E-state index is 0. The van der Waals surface area contributed by atoms with Crippen molar-refractivity contribution in [1.82, 2.24) is 10.2 Å². The van der Waals surface area contributed by atoms with Gasteiger partial charge in [0, 0.05) is 32.1 Å². The molecule has 0 aromatic carbocycles. The van der Waals surface area contributed by atoms with Crippen molar-refractivity contribution < 1.29 is 9.53 Å². The Hall–Kier alpha value is -0.320. The van der Waals surface area contributed by atoms with E-state index in [9.17, 15) is 4.79 Å². The van der Waals surface area contributed by atoms with Crippen LogP contribution in [0.3, 0.4) is 0 Å². The summed E-state index contributed by atoms with van der Waals surface area (Å²) in [6.07, 6.45) is 2.88. The molecule has 0 saturated carbocycles. The van der Waals surface area contributed by atoms with E-state index in [0.717, 1.165) is 39.1 Å². The lowest BCUT2D eigenvalue weighted by molar-refractivity contribution is -0.131. The molecule has 0 spiro atoms. The first-order valence-corrected chi connectivity index (χ1v) is 6.72. The molecular weight excluding hydrogens is 252 g/mol. The SMILES string of the molecule is CCC1(C)CCN(C(=O)CC2COCCN2)C1.Cl. The lowest BCUT2D eigenvalue weighted by atomic mass is 9.87. The molecule has 2 atom stereocenters. The van der Waals surface area contributed by atoms with Crippen LogP contribution in [0.15, 0.2) is 0 Å². The van der Waals surface area contributed by atoms with E-state index >= 15 is 0 Å². The molecule has 2 unspecified atom stereocenters. The van der Waals surface area contributed by atoms with E-state index in [1.165, 1.54) is 0 Å². The highest BCUT2D eigenvalue weighted by molar-refractivity contribution is 5.85. The van der Waals surface area contributed by atoms with Gasteiger partial charge in [0.2, 0.25) is 5.91 Å². The second kappa shape index (κ2) is 6.73. The molecule has 2 aliphatic heterocycles. The number of nitrogens with one attached hydrogen (secondary N) is 1. The maximum atomic E-state index is 12.1. The smallest absolute Gasteiger partial charge is 0.224 e. The highest BCUT2D eigenvalue weighted by Gasteiger charge is 2.35. The Balaban J connectivity index is 0.00000162. The van der Waals surface area contributed by atoms with Crippen LogP contribution < -0.4 is 5.32 Å². The van der Waals surface area contributed by atoms with E-state index in [0.29, 0.717) is 18.4 Å². The van der Waals surface area contributed by atoms with Gasteiger partial charge in [-0.25, -0.2) is 0 Å². The van der Waals surface area contributed by atoms with Crippen LogP contribution in [0.25, 0.3) is 0 Å². The van der Waals surface area contributed by atoms with Crippen molar-refractivity contribution in [2.24, 2.45) is 5.41 Å². The molecule has 106 valence electrons. The van der Waals surface area contributed by atoms with Crippen LogP contribution in [-0.4, -0.2) is 49.7 Å². The summed E-state index contributed by atoms with van der Waals surface area (Å²) in [7, 11) is 0. The number of carbonyl (C=O) groups excluding carboxylic acids is 1. The van der Waals surface area contributed by atoms with E-state index in [2.05, 4.69) is 19.2 Å². The molecule has 18 heavy (non-hydrogen) atoms. The Kier molecular flexibility index (Phi) is 5.89. The lowest BCUT2D eigenvalue weighted by Gasteiger charge is -2.27. The van der Waals surface area contributed by atoms with Crippen LogP contribution in [0.4, 0.5) is 0 Å². The number of nitrogens with zero attached hydrogens (tertiary/aromatic N) is 1. The number of ether oxygens (including phenoxy) is 1. The molecule has 4 nitrogen and oxygen atoms in total. The fourth-order valence-electron chi connectivity index (χ4n) is 2.62. The van der Waals surface area contributed by atoms with Crippen molar-refractivity contribution in [3.63, 3.8) is 0 Å². The van der Waals surface area contributed by atoms with E-state index in [4.69, 9.17) is 4.74 Å². The third kappa shape index (κ3) is 3.84. The number of carbonyl (C=O) groups is 1. The fourth-order valence-corrected chi connectivity index (χ4v) is 2.62. The maximum absolute atomic E-state index is 12.1. The topological polar surface area (TPSA) is 41.6 Å². The van der Waals surface area contributed by atoms with Crippen LogP contribution >= 0.6 is 12.4 Å². The minimum Gasteiger partial charge on any atom is -0.378 e. The Morgan fingerprint density at radius 2 is 2.33 bits per heavy atom. The van der Waals surface area contributed by atoms with E-state index in [1.54, 1.807) is 0 Å². The summed E-state index contributed by atoms with van der Waals surface area (Å²) in [4.78, 5) is 14.2. The zero-order chi connectivity index (χ0) is 12.3. The standard InChI is InChI=1S/C13H24N2O2.ClH/c1-3-13(2)4-6-15(10-13)12(16)8-11-9-17-7-5-14-11;/h11,14H,3-10H2,1-2H3;1H. The summed E-state index contributed by atoms with van der Waals surface area (Å²) in [6, 6.07) is 0.213. The predicted octanol–water partition coefficient (Wildman–Crippen LogP) is 1.44. The van der Waals surface area contributed by atoms with Gasteiger partial charge in [0.1, 0.15) is 0 Å². The summed E-state index contributed by atoms with van der Waals surface area (Å²) in [5, 5.41) is 3.34. The van der Waals surface area contributed by atoms with Crippen molar-refractivity contribution in [3.05, 3.63) is 0 Å². The van der Waals surface area contributed by atoms with Crippen molar-refractivity contribution in [2.45, 2.75) is 39.2 Å². The number of halogens is 1. The summed E-state index contributed by atoms with van der Waals surface area (Å²) in [5.41, 5.74) is 0.339. The second-order valence-corrected chi connectivity index (χ2v) is 5.66. The number of hydrogen-bond donors (Lipinski definition) is 1. The number of amides is 1. The molecule has 0 radical (unpaired) electrons. The van der Waals surface area contributed by atoms with Gasteiger partial charge < -0.3 is 15.0 Å². The van der Waals surface area contributed by atoms with Crippen LogP contribution in [-0.2, 0) is 9.53 Å². The molecule has 0 aromatic rings. The molecule has 2 rings (SSSR count). The first-order chi connectivity index (χ1) is 8.13. The molecule has 1 amide bonds. The molecule has 0 aliphatic carbocycles. The predicted molar refractivity (Wildman–Crippen MR) is 74.1 cm³/mol. The van der Waals surface area contributed by atoms with E-state index < -0.39 is 0 Å². The normalized spacial score (nSPS) is 32.1. The largest absolute Gasteiger partial charge is 0.378 e. The van der Waals surface area contributed by atoms with Crippen molar-refractivity contribution in [2.75, 3.05) is 32.8 Å². The Bertz CT molecular complexity index is 282. The summed E-state index contributed by atoms with van der Waals surface area (Å²) >= 11 is 0. The van der Waals surface area contributed by atoms with Gasteiger partial charge in [-0.3, -0.25) is 4.79 Å². The quantitative estimate of drug-likeness (QED) is 0.848. The van der Waals surface area contributed by atoms with E-state index in [-0.39, 0.29) is 24.4 Å². The average Bonchev–Trinajstić information content (AvgIpc) is 2.74. The van der Waals surface area contributed by atoms with Crippen LogP contribution in [0.5, 0.6) is 0 Å². The molecule has 5 heteroatoms. The molecule has 2 fully saturated rings. The van der Waals surface area contributed by atoms with Gasteiger partial charge in [-0.1, -0.05) is 13.8 Å². The van der Waals surface area contributed by atoms with Gasteiger partial charge in [0.25, 0.3) is 0 Å². The number of rotatable bonds is 3. The second-order valence-electron chi connectivity index (χ2n) is 5.66. The Morgan fingerprint density at radius 3 is 2.89 bits per heavy atom. The fraction of sp³-hybridized carbons (Fsp3) is 0.923. The molecule has 1 N–H and O–H groups in total. The molecule has 0 bridgehead atoms. The third-order valence-corrected chi connectivity index (χ3v) is 4.18. The lowest BCUT2D eigenvalue weighted by Crippen LogP contribution is -2.45. The first-order valence-electron chi connectivity index (χ1n) is 6.72. The molecule has 2 heterocycles. The molecule has 2 saturated heterocycles. The number of morpholine rings is 1. The molecule has 0 aromatic heterocycles. The van der Waals surface area contributed by atoms with Gasteiger partial charge in [0.05, 0.1) is 13.2 Å². The highest BCUT2D eigenvalue weighted by Crippen LogP contribution is 2.33. The Labute approximate surface area is 116 Å². The van der Waals surface area contributed by atoms with E-state index in [1.807, 2.05) is 4.90 Å². The van der Waals surface area contributed by atoms with Crippen LogP contribution in [0, 0.1) is 5.41 Å². The summed E-state index contributed by atoms with van der Waals surface area (Å²) in [6.45, 7) is 8.65. The van der Waals surface area contributed by atoms with Gasteiger partial charge in [0.15, 0.2) is 0 Å². The molecular formula is C13H25ClN2O2. The third-order valence-electron chi connectivity index (χ3n) is 4.18. The van der Waals surface area contributed by atoms with Crippen LogP contribution in [0.2, 0.25) is 0 Å². The van der Waals surface area contributed by atoms with Gasteiger partial charge >= 0.3 is 0 Å². The first kappa shape index (κ1) is 15.7. The van der Waals surface area contributed by atoms with Crippen molar-refractivity contribution in [1.29, 1.82) is 0 Å². The monoisotopic (exact) mass is 276 g/mol.